The van der Waals surface area contributed by atoms with Gasteiger partial charge in [0.1, 0.15) is 17.3 Å². The highest BCUT2D eigenvalue weighted by Crippen LogP contribution is 2.10. The van der Waals surface area contributed by atoms with Crippen LogP contribution in [0.25, 0.3) is 6.08 Å². The molecule has 0 atom stereocenters. The molecule has 0 bridgehead atoms. The predicted molar refractivity (Wildman–Crippen MR) is 103 cm³/mol. The van der Waals surface area contributed by atoms with Crippen molar-refractivity contribution in [2.24, 2.45) is 0 Å². The number of halogens is 1. The second-order valence-electron chi connectivity index (χ2n) is 5.94. The third kappa shape index (κ3) is 6.58. The zero-order chi connectivity index (χ0) is 20.5. The van der Waals surface area contributed by atoms with Gasteiger partial charge >= 0.3 is 0 Å². The lowest BCUT2D eigenvalue weighted by Gasteiger charge is -2.07. The Balaban J connectivity index is 1.40. The number of carbonyl (C=O) groups excluding carboxylic acids is 2. The van der Waals surface area contributed by atoms with Gasteiger partial charge in [0.05, 0.1) is 12.7 Å². The van der Waals surface area contributed by atoms with Crippen molar-refractivity contribution in [1.82, 2.24) is 25.8 Å². The molecule has 0 aliphatic heterocycles. The fourth-order valence-electron chi connectivity index (χ4n) is 2.29. The van der Waals surface area contributed by atoms with E-state index < -0.39 is 17.6 Å². The molecule has 2 amide bonds. The second kappa shape index (κ2) is 9.79. The van der Waals surface area contributed by atoms with Crippen LogP contribution in [0.4, 0.5) is 4.39 Å². The van der Waals surface area contributed by atoms with Crippen LogP contribution in [0.3, 0.4) is 0 Å². The van der Waals surface area contributed by atoms with Crippen molar-refractivity contribution in [2.75, 3.05) is 6.61 Å². The van der Waals surface area contributed by atoms with Gasteiger partial charge in [0, 0.05) is 6.08 Å². The molecule has 0 aliphatic rings. The minimum atomic E-state index is -0.565. The quantitative estimate of drug-likeness (QED) is 0.469. The van der Waals surface area contributed by atoms with Crippen molar-refractivity contribution in [2.45, 2.75) is 6.54 Å². The standard InChI is InChI=1S/C20H18FN5O3/c21-16-6-9-18(10-7-16)29-14-20(28)24-23-19(27)11-8-17-13-26(25-22-17)12-15-4-2-1-3-5-15/h1-11,13H,12,14H2,(H,23,27)(H,24,28)/b11-8+. The van der Waals surface area contributed by atoms with Crippen LogP contribution in [0.2, 0.25) is 0 Å². The molecule has 0 spiro atoms. The van der Waals surface area contributed by atoms with Crippen LogP contribution < -0.4 is 15.6 Å². The average Bonchev–Trinajstić information content (AvgIpc) is 3.18. The summed E-state index contributed by atoms with van der Waals surface area (Å²) >= 11 is 0. The zero-order valence-electron chi connectivity index (χ0n) is 15.3. The average molecular weight is 395 g/mol. The summed E-state index contributed by atoms with van der Waals surface area (Å²) in [5, 5.41) is 7.96. The molecule has 0 saturated carbocycles. The first-order valence-electron chi connectivity index (χ1n) is 8.68. The predicted octanol–water partition coefficient (Wildman–Crippen LogP) is 1.71. The summed E-state index contributed by atoms with van der Waals surface area (Å²) in [6, 6.07) is 15.0. The highest BCUT2D eigenvalue weighted by atomic mass is 19.1. The molecule has 1 aromatic heterocycles. The van der Waals surface area contributed by atoms with Crippen molar-refractivity contribution in [3.8, 4) is 5.75 Å². The van der Waals surface area contributed by atoms with Gasteiger partial charge in [-0.1, -0.05) is 35.5 Å². The maximum absolute atomic E-state index is 12.8. The summed E-state index contributed by atoms with van der Waals surface area (Å²) in [6.45, 7) is 0.238. The van der Waals surface area contributed by atoms with E-state index in [0.717, 1.165) is 5.56 Å². The van der Waals surface area contributed by atoms with Crippen molar-refractivity contribution < 1.29 is 18.7 Å². The Morgan fingerprint density at radius 1 is 1.07 bits per heavy atom. The summed E-state index contributed by atoms with van der Waals surface area (Å²) in [6.07, 6.45) is 4.40. The number of nitrogens with one attached hydrogen (secondary N) is 2. The largest absolute Gasteiger partial charge is 0.484 e. The van der Waals surface area contributed by atoms with E-state index in [1.165, 1.54) is 36.4 Å². The van der Waals surface area contributed by atoms with Crippen LogP contribution in [0.15, 0.2) is 66.9 Å². The summed E-state index contributed by atoms with van der Waals surface area (Å²) in [5.74, 6) is -1.17. The lowest BCUT2D eigenvalue weighted by Crippen LogP contribution is -2.43. The monoisotopic (exact) mass is 395 g/mol. The molecule has 0 radical (unpaired) electrons. The van der Waals surface area contributed by atoms with Gasteiger partial charge in [-0.15, -0.1) is 5.10 Å². The van der Waals surface area contributed by atoms with Crippen molar-refractivity contribution in [3.63, 3.8) is 0 Å². The van der Waals surface area contributed by atoms with E-state index in [1.54, 1.807) is 10.9 Å². The summed E-state index contributed by atoms with van der Waals surface area (Å²) in [7, 11) is 0. The van der Waals surface area contributed by atoms with E-state index in [4.69, 9.17) is 4.74 Å². The molecule has 2 N–H and O–H groups in total. The third-order valence-electron chi connectivity index (χ3n) is 3.66. The number of aromatic nitrogens is 3. The fourth-order valence-corrected chi connectivity index (χ4v) is 2.29. The van der Waals surface area contributed by atoms with Crippen LogP contribution >= 0.6 is 0 Å². The van der Waals surface area contributed by atoms with Gasteiger partial charge in [0.15, 0.2) is 6.61 Å². The van der Waals surface area contributed by atoms with Gasteiger partial charge < -0.3 is 4.74 Å². The van der Waals surface area contributed by atoms with Crippen LogP contribution in [0, 0.1) is 5.82 Å². The van der Waals surface area contributed by atoms with Crippen LogP contribution in [0.5, 0.6) is 5.75 Å². The van der Waals surface area contributed by atoms with E-state index in [1.807, 2.05) is 30.3 Å². The number of carbonyl (C=O) groups is 2. The van der Waals surface area contributed by atoms with Crippen molar-refractivity contribution in [3.05, 3.63) is 83.9 Å². The van der Waals surface area contributed by atoms with Gasteiger partial charge in [-0.3, -0.25) is 20.4 Å². The summed E-state index contributed by atoms with van der Waals surface area (Å²) in [5.41, 5.74) is 6.01. The Bertz CT molecular complexity index is 987. The van der Waals surface area contributed by atoms with E-state index in [2.05, 4.69) is 21.2 Å². The second-order valence-corrected chi connectivity index (χ2v) is 5.94. The molecule has 9 heteroatoms. The number of ether oxygens (including phenoxy) is 1. The van der Waals surface area contributed by atoms with Gasteiger partial charge in [0.2, 0.25) is 0 Å². The Morgan fingerprint density at radius 2 is 1.83 bits per heavy atom. The topological polar surface area (TPSA) is 98.1 Å². The van der Waals surface area contributed by atoms with Crippen LogP contribution in [-0.2, 0) is 16.1 Å². The molecule has 148 valence electrons. The first-order valence-corrected chi connectivity index (χ1v) is 8.68. The van der Waals surface area contributed by atoms with Crippen molar-refractivity contribution in [1.29, 1.82) is 0 Å². The molecule has 0 unspecified atom stereocenters. The maximum Gasteiger partial charge on any atom is 0.276 e. The molecule has 29 heavy (non-hydrogen) atoms. The maximum atomic E-state index is 12.8. The van der Waals surface area contributed by atoms with Crippen LogP contribution in [-0.4, -0.2) is 33.4 Å². The number of hydrogen-bond donors (Lipinski definition) is 2. The number of benzene rings is 2. The van der Waals surface area contributed by atoms with Crippen LogP contribution in [0.1, 0.15) is 11.3 Å². The molecule has 0 saturated heterocycles. The number of nitrogens with zero attached hydrogens (tertiary/aromatic N) is 3. The number of hydrogen-bond acceptors (Lipinski definition) is 5. The minimum absolute atomic E-state index is 0.330. The van der Waals surface area contributed by atoms with E-state index in [9.17, 15) is 14.0 Å². The molecule has 0 aliphatic carbocycles. The lowest BCUT2D eigenvalue weighted by molar-refractivity contribution is -0.128. The minimum Gasteiger partial charge on any atom is -0.484 e. The molecule has 3 aromatic rings. The van der Waals surface area contributed by atoms with E-state index >= 15 is 0 Å². The number of amides is 2. The molecule has 0 fully saturated rings. The molecule has 3 rings (SSSR count). The van der Waals surface area contributed by atoms with Gasteiger partial charge in [-0.2, -0.15) is 0 Å². The van der Waals surface area contributed by atoms with Gasteiger partial charge in [0.25, 0.3) is 11.8 Å². The first kappa shape index (κ1) is 19.7. The smallest absolute Gasteiger partial charge is 0.276 e. The SMILES string of the molecule is O=C(/C=C/c1cn(Cc2ccccc2)nn1)NNC(=O)COc1ccc(F)cc1. The van der Waals surface area contributed by atoms with Gasteiger partial charge in [-0.25, -0.2) is 9.07 Å². The summed E-state index contributed by atoms with van der Waals surface area (Å²) < 4.78 is 19.6. The Hall–Kier alpha value is -4.01. The zero-order valence-corrected chi connectivity index (χ0v) is 15.3. The Morgan fingerprint density at radius 3 is 2.59 bits per heavy atom. The Labute approximate surface area is 166 Å². The highest BCUT2D eigenvalue weighted by molar-refractivity contribution is 5.92. The van der Waals surface area contributed by atoms with Crippen molar-refractivity contribution >= 4 is 17.9 Å². The molecular formula is C20H18FN5O3. The molecular weight excluding hydrogens is 377 g/mol. The lowest BCUT2D eigenvalue weighted by atomic mass is 10.2. The van der Waals surface area contributed by atoms with E-state index in [0.29, 0.717) is 18.0 Å². The fraction of sp³-hybridized carbons (Fsp3) is 0.100. The number of rotatable bonds is 7. The highest BCUT2D eigenvalue weighted by Gasteiger charge is 2.05. The van der Waals surface area contributed by atoms with Gasteiger partial charge in [-0.05, 0) is 35.9 Å². The first-order chi connectivity index (χ1) is 14.1. The molecule has 8 nitrogen and oxygen atoms in total. The number of hydrazine groups is 1. The third-order valence-corrected chi connectivity index (χ3v) is 3.66. The molecule has 1 heterocycles. The Kier molecular flexibility index (Phi) is 6.66. The van der Waals surface area contributed by atoms with E-state index in [-0.39, 0.29) is 6.61 Å². The molecule has 2 aromatic carbocycles. The summed E-state index contributed by atoms with van der Waals surface area (Å²) in [4.78, 5) is 23.4. The normalized spacial score (nSPS) is 10.7.